The average molecular weight is 314 g/mol. The Balaban J connectivity index is 2.21. The maximum absolute atomic E-state index is 13.1. The number of nitrogens with zero attached hydrogens (tertiary/aromatic N) is 3. The van der Waals surface area contributed by atoms with Crippen LogP contribution >= 0.6 is 15.9 Å². The van der Waals surface area contributed by atoms with E-state index in [1.165, 1.54) is 30.1 Å². The van der Waals surface area contributed by atoms with Gasteiger partial charge in [0.25, 0.3) is 0 Å². The molecule has 0 aliphatic heterocycles. The molecule has 1 heterocycles. The molecule has 0 saturated carbocycles. The summed E-state index contributed by atoms with van der Waals surface area (Å²) in [6.45, 7) is 0.308. The standard InChI is InChI=1S/C11H9BrFN3O2/c1-18-11(17)10-6-16(15-14-10)5-7-4-8(13)2-3-9(7)12/h2-4,6H,5H2,1H3. The van der Waals surface area contributed by atoms with Crippen LogP contribution in [0.25, 0.3) is 0 Å². The number of aromatic nitrogens is 3. The quantitative estimate of drug-likeness (QED) is 0.813. The Morgan fingerprint density at radius 1 is 1.56 bits per heavy atom. The highest BCUT2D eigenvalue weighted by molar-refractivity contribution is 9.10. The fourth-order valence-corrected chi connectivity index (χ4v) is 1.78. The van der Waals surface area contributed by atoms with Crippen LogP contribution in [0.3, 0.4) is 0 Å². The summed E-state index contributed by atoms with van der Waals surface area (Å²) in [5.41, 5.74) is 0.821. The summed E-state index contributed by atoms with van der Waals surface area (Å²) in [7, 11) is 1.27. The minimum atomic E-state index is -0.556. The van der Waals surface area contributed by atoms with Crippen LogP contribution in [0.1, 0.15) is 16.1 Å². The maximum Gasteiger partial charge on any atom is 0.360 e. The largest absolute Gasteiger partial charge is 0.464 e. The lowest BCUT2D eigenvalue weighted by molar-refractivity contribution is 0.0594. The lowest BCUT2D eigenvalue weighted by atomic mass is 10.2. The molecule has 2 rings (SSSR count). The predicted molar refractivity (Wildman–Crippen MR) is 64.6 cm³/mol. The van der Waals surface area contributed by atoms with Gasteiger partial charge in [-0.05, 0) is 23.8 Å². The fourth-order valence-electron chi connectivity index (χ4n) is 1.41. The molecule has 5 nitrogen and oxygen atoms in total. The molecule has 0 aliphatic rings. The van der Waals surface area contributed by atoms with Crippen molar-refractivity contribution < 1.29 is 13.9 Å². The second-order valence-corrected chi connectivity index (χ2v) is 4.38. The molecule has 94 valence electrons. The monoisotopic (exact) mass is 313 g/mol. The molecule has 0 unspecified atom stereocenters. The number of carbonyl (C=O) groups excluding carboxylic acids is 1. The van der Waals surface area contributed by atoms with Gasteiger partial charge in [-0.2, -0.15) is 0 Å². The van der Waals surface area contributed by atoms with E-state index in [2.05, 4.69) is 31.0 Å². The summed E-state index contributed by atoms with van der Waals surface area (Å²) < 4.78 is 19.8. The van der Waals surface area contributed by atoms with Crippen molar-refractivity contribution in [1.82, 2.24) is 15.0 Å². The summed E-state index contributed by atoms with van der Waals surface area (Å²) >= 11 is 3.32. The van der Waals surface area contributed by atoms with Crippen molar-refractivity contribution in [3.63, 3.8) is 0 Å². The lowest BCUT2D eigenvalue weighted by Crippen LogP contribution is -2.02. The minimum absolute atomic E-state index is 0.116. The molecule has 1 aromatic heterocycles. The van der Waals surface area contributed by atoms with Gasteiger partial charge in [0.1, 0.15) is 5.82 Å². The normalized spacial score (nSPS) is 10.4. The Labute approximate surface area is 111 Å². The van der Waals surface area contributed by atoms with Crippen molar-refractivity contribution in [3.05, 3.63) is 45.9 Å². The molecular weight excluding hydrogens is 305 g/mol. The third-order valence-electron chi connectivity index (χ3n) is 2.27. The van der Waals surface area contributed by atoms with Crippen molar-refractivity contribution >= 4 is 21.9 Å². The Kier molecular flexibility index (Phi) is 3.71. The van der Waals surface area contributed by atoms with Gasteiger partial charge in [-0.1, -0.05) is 21.1 Å². The van der Waals surface area contributed by atoms with E-state index in [4.69, 9.17) is 0 Å². The van der Waals surface area contributed by atoms with Crippen LogP contribution in [0, 0.1) is 5.82 Å². The zero-order valence-corrected chi connectivity index (χ0v) is 11.0. The number of hydrogen-bond acceptors (Lipinski definition) is 4. The molecule has 7 heteroatoms. The highest BCUT2D eigenvalue weighted by Gasteiger charge is 2.11. The van der Waals surface area contributed by atoms with Gasteiger partial charge in [-0.15, -0.1) is 5.10 Å². The van der Waals surface area contributed by atoms with E-state index in [0.29, 0.717) is 12.1 Å². The van der Waals surface area contributed by atoms with Crippen LogP contribution in [0.2, 0.25) is 0 Å². The van der Waals surface area contributed by atoms with Crippen LogP contribution in [0.4, 0.5) is 4.39 Å². The topological polar surface area (TPSA) is 57.0 Å². The molecule has 2 aromatic rings. The molecule has 0 N–H and O–H groups in total. The molecule has 1 aromatic carbocycles. The van der Waals surface area contributed by atoms with E-state index in [1.807, 2.05) is 0 Å². The van der Waals surface area contributed by atoms with Crippen molar-refractivity contribution in [1.29, 1.82) is 0 Å². The maximum atomic E-state index is 13.1. The van der Waals surface area contributed by atoms with Gasteiger partial charge >= 0.3 is 5.97 Å². The SMILES string of the molecule is COC(=O)c1cn(Cc2cc(F)ccc2Br)nn1. The Morgan fingerprint density at radius 3 is 3.06 bits per heavy atom. The van der Waals surface area contributed by atoms with Crippen molar-refractivity contribution in [2.24, 2.45) is 0 Å². The lowest BCUT2D eigenvalue weighted by Gasteiger charge is -2.03. The highest BCUT2D eigenvalue weighted by atomic mass is 79.9. The minimum Gasteiger partial charge on any atom is -0.464 e. The summed E-state index contributed by atoms with van der Waals surface area (Å²) in [6, 6.07) is 4.36. The van der Waals surface area contributed by atoms with E-state index >= 15 is 0 Å². The Hall–Kier alpha value is -1.76. The van der Waals surface area contributed by atoms with E-state index < -0.39 is 5.97 Å². The van der Waals surface area contributed by atoms with Gasteiger partial charge in [0.15, 0.2) is 5.69 Å². The number of benzene rings is 1. The van der Waals surface area contributed by atoms with Gasteiger partial charge in [-0.25, -0.2) is 13.9 Å². The third kappa shape index (κ3) is 2.73. The van der Waals surface area contributed by atoms with Crippen molar-refractivity contribution in [2.45, 2.75) is 6.54 Å². The number of esters is 1. The first-order chi connectivity index (χ1) is 8.60. The molecule has 0 saturated heterocycles. The molecule has 0 atom stereocenters. The molecule has 0 fully saturated rings. The Bertz CT molecular complexity index is 585. The third-order valence-corrected chi connectivity index (χ3v) is 3.05. The van der Waals surface area contributed by atoms with Crippen LogP contribution in [0.15, 0.2) is 28.9 Å². The average Bonchev–Trinajstić information content (AvgIpc) is 2.81. The smallest absolute Gasteiger partial charge is 0.360 e. The van der Waals surface area contributed by atoms with Crippen molar-refractivity contribution in [3.8, 4) is 0 Å². The summed E-state index contributed by atoms with van der Waals surface area (Å²) in [5.74, 6) is -0.888. The van der Waals surface area contributed by atoms with Gasteiger partial charge < -0.3 is 4.74 Å². The predicted octanol–water partition coefficient (Wildman–Crippen LogP) is 2.01. The zero-order chi connectivity index (χ0) is 13.1. The van der Waals surface area contributed by atoms with Gasteiger partial charge in [0.05, 0.1) is 19.9 Å². The summed E-state index contributed by atoms with van der Waals surface area (Å²) in [5, 5.41) is 7.44. The molecule has 0 radical (unpaired) electrons. The molecular formula is C11H9BrFN3O2. The first kappa shape index (κ1) is 12.7. The first-order valence-electron chi connectivity index (χ1n) is 5.02. The second-order valence-electron chi connectivity index (χ2n) is 3.53. The number of ether oxygens (including phenoxy) is 1. The molecule has 0 spiro atoms. The van der Waals surface area contributed by atoms with E-state index in [1.54, 1.807) is 6.07 Å². The van der Waals surface area contributed by atoms with E-state index in [-0.39, 0.29) is 11.5 Å². The van der Waals surface area contributed by atoms with Gasteiger partial charge in [0.2, 0.25) is 0 Å². The molecule has 18 heavy (non-hydrogen) atoms. The molecule has 0 bridgehead atoms. The number of hydrogen-bond donors (Lipinski definition) is 0. The van der Waals surface area contributed by atoms with Gasteiger partial charge in [0, 0.05) is 4.47 Å². The van der Waals surface area contributed by atoms with Crippen LogP contribution < -0.4 is 0 Å². The fraction of sp³-hybridized carbons (Fsp3) is 0.182. The van der Waals surface area contributed by atoms with Gasteiger partial charge in [-0.3, -0.25) is 0 Å². The number of methoxy groups -OCH3 is 1. The number of halogens is 2. The first-order valence-corrected chi connectivity index (χ1v) is 5.82. The molecule has 0 aliphatic carbocycles. The van der Waals surface area contributed by atoms with Crippen LogP contribution in [-0.4, -0.2) is 28.1 Å². The second kappa shape index (κ2) is 5.26. The summed E-state index contributed by atoms with van der Waals surface area (Å²) in [4.78, 5) is 11.2. The number of carbonyl (C=O) groups is 1. The van der Waals surface area contributed by atoms with Crippen LogP contribution in [-0.2, 0) is 11.3 Å². The van der Waals surface area contributed by atoms with E-state index in [0.717, 1.165) is 4.47 Å². The highest BCUT2D eigenvalue weighted by Crippen LogP contribution is 2.18. The Morgan fingerprint density at radius 2 is 2.33 bits per heavy atom. The summed E-state index contributed by atoms with van der Waals surface area (Å²) in [6.07, 6.45) is 1.45. The molecule has 0 amide bonds. The van der Waals surface area contributed by atoms with E-state index in [9.17, 15) is 9.18 Å². The zero-order valence-electron chi connectivity index (χ0n) is 9.43. The number of rotatable bonds is 3. The van der Waals surface area contributed by atoms with Crippen LogP contribution in [0.5, 0.6) is 0 Å². The van der Waals surface area contributed by atoms with Crippen molar-refractivity contribution in [2.75, 3.05) is 7.11 Å².